The van der Waals surface area contributed by atoms with Gasteiger partial charge >= 0.3 is 0 Å². The Balaban J connectivity index is 1.83. The summed E-state index contributed by atoms with van der Waals surface area (Å²) in [6, 6.07) is 17.5. The highest BCUT2D eigenvalue weighted by Crippen LogP contribution is 2.17. The largest absolute Gasteiger partial charge is 0.278 e. The Bertz CT molecular complexity index is 837. The molecule has 3 rings (SSSR count). The first-order valence-corrected chi connectivity index (χ1v) is 7.69. The summed E-state index contributed by atoms with van der Waals surface area (Å²) in [5.74, 6) is 0. The van der Waals surface area contributed by atoms with Crippen molar-refractivity contribution in [3.8, 4) is 5.69 Å². The lowest BCUT2D eigenvalue weighted by molar-refractivity contribution is 0.833. The molecule has 0 unspecified atom stereocenters. The number of hydrogen-bond acceptors (Lipinski definition) is 3. The van der Waals surface area contributed by atoms with Crippen LogP contribution in [0.4, 0.5) is 5.69 Å². The number of halogens is 1. The summed E-state index contributed by atoms with van der Waals surface area (Å²) in [6.07, 6.45) is 1.79. The van der Waals surface area contributed by atoms with E-state index in [-0.39, 0.29) is 0 Å². The average Bonchev–Trinajstić information content (AvgIpc) is 2.84. The third-order valence-electron chi connectivity index (χ3n) is 3.56. The van der Waals surface area contributed by atoms with Crippen molar-refractivity contribution in [2.24, 2.45) is 5.10 Å². The lowest BCUT2D eigenvalue weighted by Gasteiger charge is -2.03. The van der Waals surface area contributed by atoms with Crippen LogP contribution in [-0.4, -0.2) is 16.0 Å². The second kappa shape index (κ2) is 6.67. The van der Waals surface area contributed by atoms with Crippen LogP contribution in [0.3, 0.4) is 0 Å². The number of aromatic nitrogens is 2. The van der Waals surface area contributed by atoms with Crippen LogP contribution in [-0.2, 0) is 0 Å². The van der Waals surface area contributed by atoms with Gasteiger partial charge in [-0.05, 0) is 44.2 Å². The molecule has 116 valence electrons. The topological polar surface area (TPSA) is 42.2 Å². The second-order valence-corrected chi connectivity index (χ2v) is 5.65. The van der Waals surface area contributed by atoms with E-state index >= 15 is 0 Å². The highest BCUT2D eigenvalue weighted by Gasteiger charge is 2.10. The van der Waals surface area contributed by atoms with Crippen LogP contribution in [0.15, 0.2) is 59.7 Å². The Labute approximate surface area is 140 Å². The molecule has 0 aliphatic heterocycles. The number of para-hydroxylation sites is 1. The van der Waals surface area contributed by atoms with Crippen molar-refractivity contribution in [2.45, 2.75) is 13.8 Å². The highest BCUT2D eigenvalue weighted by molar-refractivity contribution is 6.30. The van der Waals surface area contributed by atoms with Gasteiger partial charge in [0.2, 0.25) is 0 Å². The minimum atomic E-state index is 0.675. The van der Waals surface area contributed by atoms with Crippen LogP contribution in [0.25, 0.3) is 5.69 Å². The number of nitrogens with zero attached hydrogens (tertiary/aromatic N) is 3. The monoisotopic (exact) mass is 324 g/mol. The van der Waals surface area contributed by atoms with Gasteiger partial charge in [-0.3, -0.25) is 5.43 Å². The van der Waals surface area contributed by atoms with E-state index in [1.807, 2.05) is 73.1 Å². The second-order valence-electron chi connectivity index (χ2n) is 5.21. The first kappa shape index (κ1) is 15.3. The van der Waals surface area contributed by atoms with Crippen molar-refractivity contribution >= 4 is 23.5 Å². The molecule has 0 amide bonds. The number of benzene rings is 2. The molecule has 0 atom stereocenters. The Morgan fingerprint density at radius 2 is 1.87 bits per heavy atom. The molecule has 5 heteroatoms. The van der Waals surface area contributed by atoms with Crippen LogP contribution < -0.4 is 5.43 Å². The SMILES string of the molecule is Cc1nn(-c2ccccc2)c(C)c1/C=N/Nc1cccc(Cl)c1. The van der Waals surface area contributed by atoms with Gasteiger partial charge < -0.3 is 0 Å². The average molecular weight is 325 g/mol. The van der Waals surface area contributed by atoms with Crippen LogP contribution >= 0.6 is 11.6 Å². The molecule has 2 aromatic carbocycles. The molecule has 1 heterocycles. The van der Waals surface area contributed by atoms with Gasteiger partial charge in [0, 0.05) is 10.6 Å². The molecule has 0 aliphatic carbocycles. The van der Waals surface area contributed by atoms with Crippen molar-refractivity contribution in [1.29, 1.82) is 0 Å². The van der Waals surface area contributed by atoms with E-state index in [0.29, 0.717) is 5.02 Å². The maximum atomic E-state index is 5.96. The molecule has 23 heavy (non-hydrogen) atoms. The number of rotatable bonds is 4. The third kappa shape index (κ3) is 3.43. The minimum Gasteiger partial charge on any atom is -0.278 e. The molecule has 0 spiro atoms. The molecule has 0 aliphatic rings. The number of hydrazone groups is 1. The number of aryl methyl sites for hydroxylation is 1. The maximum absolute atomic E-state index is 5.96. The third-order valence-corrected chi connectivity index (χ3v) is 3.80. The zero-order valence-corrected chi connectivity index (χ0v) is 13.7. The molecular weight excluding hydrogens is 308 g/mol. The van der Waals surface area contributed by atoms with Crippen LogP contribution in [0.5, 0.6) is 0 Å². The zero-order valence-electron chi connectivity index (χ0n) is 13.0. The van der Waals surface area contributed by atoms with Gasteiger partial charge in [-0.15, -0.1) is 0 Å². The molecule has 1 N–H and O–H groups in total. The lowest BCUT2D eigenvalue weighted by Crippen LogP contribution is -1.99. The fourth-order valence-electron chi connectivity index (χ4n) is 2.39. The van der Waals surface area contributed by atoms with Gasteiger partial charge in [0.25, 0.3) is 0 Å². The molecular formula is C18H17ClN4. The summed E-state index contributed by atoms with van der Waals surface area (Å²) in [6.45, 7) is 4.01. The standard InChI is InChI=1S/C18H17ClN4/c1-13-18(12-20-21-16-8-6-7-15(19)11-16)14(2)23(22-13)17-9-4-3-5-10-17/h3-12,21H,1-2H3/b20-12+. The minimum absolute atomic E-state index is 0.675. The van der Waals surface area contributed by atoms with E-state index in [1.165, 1.54) is 0 Å². The van der Waals surface area contributed by atoms with E-state index in [0.717, 1.165) is 28.3 Å². The summed E-state index contributed by atoms with van der Waals surface area (Å²) >= 11 is 5.96. The smallest absolute Gasteiger partial charge is 0.0689 e. The van der Waals surface area contributed by atoms with Gasteiger partial charge in [-0.25, -0.2) is 4.68 Å². The molecule has 0 saturated heterocycles. The van der Waals surface area contributed by atoms with Crippen molar-refractivity contribution in [3.63, 3.8) is 0 Å². The number of hydrogen-bond donors (Lipinski definition) is 1. The van der Waals surface area contributed by atoms with Crippen LogP contribution in [0.1, 0.15) is 17.0 Å². The fourth-order valence-corrected chi connectivity index (χ4v) is 2.58. The van der Waals surface area contributed by atoms with Crippen molar-refractivity contribution in [1.82, 2.24) is 9.78 Å². The molecule has 1 aromatic heterocycles. The predicted octanol–water partition coefficient (Wildman–Crippen LogP) is 4.59. The Hall–Kier alpha value is -2.59. The van der Waals surface area contributed by atoms with E-state index in [2.05, 4.69) is 15.6 Å². The molecule has 3 aromatic rings. The van der Waals surface area contributed by atoms with Crippen molar-refractivity contribution < 1.29 is 0 Å². The Kier molecular flexibility index (Phi) is 4.44. The summed E-state index contributed by atoms with van der Waals surface area (Å²) in [7, 11) is 0. The van der Waals surface area contributed by atoms with Gasteiger partial charge in [-0.2, -0.15) is 10.2 Å². The first-order valence-electron chi connectivity index (χ1n) is 7.31. The quantitative estimate of drug-likeness (QED) is 0.563. The van der Waals surface area contributed by atoms with E-state index in [4.69, 9.17) is 11.6 Å². The van der Waals surface area contributed by atoms with Gasteiger partial charge in [-0.1, -0.05) is 35.9 Å². The van der Waals surface area contributed by atoms with Gasteiger partial charge in [0.1, 0.15) is 0 Å². The molecule has 4 nitrogen and oxygen atoms in total. The Morgan fingerprint density at radius 1 is 1.09 bits per heavy atom. The normalized spacial score (nSPS) is 11.1. The maximum Gasteiger partial charge on any atom is 0.0689 e. The van der Waals surface area contributed by atoms with Crippen LogP contribution in [0.2, 0.25) is 5.02 Å². The lowest BCUT2D eigenvalue weighted by atomic mass is 10.2. The van der Waals surface area contributed by atoms with Gasteiger partial charge in [0.05, 0.1) is 29.0 Å². The molecule has 0 saturated carbocycles. The summed E-state index contributed by atoms with van der Waals surface area (Å²) in [5, 5.41) is 9.57. The molecule has 0 radical (unpaired) electrons. The summed E-state index contributed by atoms with van der Waals surface area (Å²) in [5.41, 5.74) is 7.85. The zero-order chi connectivity index (χ0) is 16.2. The first-order chi connectivity index (χ1) is 11.1. The number of anilines is 1. The predicted molar refractivity (Wildman–Crippen MR) is 95.7 cm³/mol. The molecule has 0 bridgehead atoms. The van der Waals surface area contributed by atoms with E-state index < -0.39 is 0 Å². The van der Waals surface area contributed by atoms with E-state index in [9.17, 15) is 0 Å². The molecule has 0 fully saturated rings. The van der Waals surface area contributed by atoms with Gasteiger partial charge in [0.15, 0.2) is 0 Å². The van der Waals surface area contributed by atoms with Crippen LogP contribution in [0, 0.1) is 13.8 Å². The van der Waals surface area contributed by atoms with Crippen molar-refractivity contribution in [2.75, 3.05) is 5.43 Å². The summed E-state index contributed by atoms with van der Waals surface area (Å²) < 4.78 is 1.93. The summed E-state index contributed by atoms with van der Waals surface area (Å²) in [4.78, 5) is 0. The van der Waals surface area contributed by atoms with E-state index in [1.54, 1.807) is 6.21 Å². The van der Waals surface area contributed by atoms with Crippen molar-refractivity contribution in [3.05, 3.63) is 76.6 Å². The number of nitrogens with one attached hydrogen (secondary N) is 1. The Morgan fingerprint density at radius 3 is 2.61 bits per heavy atom. The highest BCUT2D eigenvalue weighted by atomic mass is 35.5. The fraction of sp³-hybridized carbons (Fsp3) is 0.111.